The molecule has 4 nitrogen and oxygen atoms in total. The van der Waals surface area contributed by atoms with E-state index < -0.39 is 0 Å². The van der Waals surface area contributed by atoms with E-state index in [0.29, 0.717) is 24.3 Å². The highest BCUT2D eigenvalue weighted by Gasteiger charge is 2.04. The summed E-state index contributed by atoms with van der Waals surface area (Å²) in [6.45, 7) is 3.24. The van der Waals surface area contributed by atoms with E-state index in [1.54, 1.807) is 18.3 Å². The molecule has 2 rings (SSSR count). The molecular formula is C13H15FN4S. The number of nitrogens with zero attached hydrogens (tertiary/aromatic N) is 2. The van der Waals surface area contributed by atoms with Crippen molar-refractivity contribution < 1.29 is 4.39 Å². The lowest BCUT2D eigenvalue weighted by molar-refractivity contribution is 0.617. The first-order valence-electron chi connectivity index (χ1n) is 5.88. The van der Waals surface area contributed by atoms with Crippen LogP contribution in [0.15, 0.2) is 30.6 Å². The number of rotatable bonds is 5. The monoisotopic (exact) mass is 278 g/mol. The van der Waals surface area contributed by atoms with Crippen LogP contribution in [0.25, 0.3) is 0 Å². The minimum Gasteiger partial charge on any atom is -0.389 e. The standard InChI is InChI=1S/C13H15FN4S/c1-9-7-17-18(8-9)5-4-16-12-3-2-10(13(15)19)6-11(12)14/h2-3,6-8,16H,4-5H2,1H3,(H2,15,19). The molecule has 0 spiro atoms. The topological polar surface area (TPSA) is 55.9 Å². The van der Waals surface area contributed by atoms with E-state index in [0.717, 1.165) is 5.56 Å². The summed E-state index contributed by atoms with van der Waals surface area (Å²) in [4.78, 5) is 0.192. The Bertz CT molecular complexity index is 594. The van der Waals surface area contributed by atoms with Crippen LogP contribution in [0.3, 0.4) is 0 Å². The summed E-state index contributed by atoms with van der Waals surface area (Å²) in [6, 6.07) is 4.67. The Morgan fingerprint density at radius 1 is 1.53 bits per heavy atom. The number of nitrogens with one attached hydrogen (secondary N) is 1. The maximum absolute atomic E-state index is 13.7. The minimum absolute atomic E-state index is 0.192. The van der Waals surface area contributed by atoms with Crippen LogP contribution >= 0.6 is 12.2 Å². The second-order valence-electron chi connectivity index (χ2n) is 4.27. The molecule has 1 aromatic carbocycles. The Morgan fingerprint density at radius 2 is 2.32 bits per heavy atom. The highest BCUT2D eigenvalue weighted by atomic mass is 32.1. The van der Waals surface area contributed by atoms with Crippen molar-refractivity contribution in [2.75, 3.05) is 11.9 Å². The lowest BCUT2D eigenvalue weighted by Crippen LogP contribution is -2.13. The molecule has 0 atom stereocenters. The molecule has 0 bridgehead atoms. The van der Waals surface area contributed by atoms with Gasteiger partial charge in [-0.1, -0.05) is 12.2 Å². The number of nitrogens with two attached hydrogens (primary N) is 1. The quantitative estimate of drug-likeness (QED) is 0.822. The minimum atomic E-state index is -0.359. The van der Waals surface area contributed by atoms with Gasteiger partial charge in [0.05, 0.1) is 18.4 Å². The SMILES string of the molecule is Cc1cnn(CCNc2ccc(C(N)=S)cc2F)c1. The average molecular weight is 278 g/mol. The molecular weight excluding hydrogens is 263 g/mol. The Hall–Kier alpha value is -1.95. The zero-order valence-electron chi connectivity index (χ0n) is 10.6. The van der Waals surface area contributed by atoms with Crippen LogP contribution in [0, 0.1) is 12.7 Å². The molecule has 1 heterocycles. The van der Waals surface area contributed by atoms with E-state index in [1.165, 1.54) is 6.07 Å². The summed E-state index contributed by atoms with van der Waals surface area (Å²) in [5.41, 5.74) is 7.51. The third kappa shape index (κ3) is 3.51. The van der Waals surface area contributed by atoms with Crippen LogP contribution in [0.5, 0.6) is 0 Å². The first kappa shape index (κ1) is 13.5. The molecule has 0 fully saturated rings. The van der Waals surface area contributed by atoms with E-state index in [1.807, 2.05) is 17.8 Å². The molecule has 0 aliphatic carbocycles. The van der Waals surface area contributed by atoms with Gasteiger partial charge in [0.2, 0.25) is 0 Å². The van der Waals surface area contributed by atoms with Gasteiger partial charge in [-0.2, -0.15) is 5.10 Å². The van der Waals surface area contributed by atoms with Gasteiger partial charge in [0.25, 0.3) is 0 Å². The van der Waals surface area contributed by atoms with Crippen molar-refractivity contribution in [1.82, 2.24) is 9.78 Å². The number of halogens is 1. The molecule has 0 saturated carbocycles. The Morgan fingerprint density at radius 3 is 2.89 bits per heavy atom. The fourth-order valence-electron chi connectivity index (χ4n) is 1.71. The molecule has 0 aliphatic rings. The maximum Gasteiger partial charge on any atom is 0.146 e. The van der Waals surface area contributed by atoms with Crippen LogP contribution in [0.1, 0.15) is 11.1 Å². The van der Waals surface area contributed by atoms with Crippen molar-refractivity contribution in [3.8, 4) is 0 Å². The first-order chi connectivity index (χ1) is 9.06. The average Bonchev–Trinajstić information content (AvgIpc) is 2.77. The number of hydrogen-bond acceptors (Lipinski definition) is 3. The molecule has 0 aliphatic heterocycles. The smallest absolute Gasteiger partial charge is 0.146 e. The lowest BCUT2D eigenvalue weighted by atomic mass is 10.2. The number of hydrogen-bond donors (Lipinski definition) is 2. The van der Waals surface area contributed by atoms with E-state index >= 15 is 0 Å². The third-order valence-electron chi connectivity index (χ3n) is 2.67. The van der Waals surface area contributed by atoms with Crippen molar-refractivity contribution in [1.29, 1.82) is 0 Å². The van der Waals surface area contributed by atoms with E-state index in [9.17, 15) is 4.39 Å². The highest BCUT2D eigenvalue weighted by Crippen LogP contribution is 2.15. The van der Waals surface area contributed by atoms with Gasteiger partial charge >= 0.3 is 0 Å². The van der Waals surface area contributed by atoms with Gasteiger partial charge in [-0.3, -0.25) is 4.68 Å². The number of aryl methyl sites for hydroxylation is 1. The predicted octanol–water partition coefficient (Wildman–Crippen LogP) is 2.08. The number of thiocarbonyl (C=S) groups is 1. The zero-order chi connectivity index (χ0) is 13.8. The number of benzene rings is 1. The fourth-order valence-corrected chi connectivity index (χ4v) is 1.83. The largest absolute Gasteiger partial charge is 0.389 e. The van der Waals surface area contributed by atoms with Crippen molar-refractivity contribution in [2.45, 2.75) is 13.5 Å². The van der Waals surface area contributed by atoms with Gasteiger partial charge in [0, 0.05) is 18.3 Å². The van der Waals surface area contributed by atoms with Gasteiger partial charge in [-0.15, -0.1) is 0 Å². The summed E-state index contributed by atoms with van der Waals surface area (Å²) >= 11 is 4.80. The van der Waals surface area contributed by atoms with E-state index in [-0.39, 0.29) is 10.8 Å². The van der Waals surface area contributed by atoms with Crippen molar-refractivity contribution >= 4 is 22.9 Å². The number of anilines is 1. The summed E-state index contributed by atoms with van der Waals surface area (Å²) < 4.78 is 15.5. The van der Waals surface area contributed by atoms with Gasteiger partial charge in [0.1, 0.15) is 10.8 Å². The van der Waals surface area contributed by atoms with Crippen LogP contribution in [-0.2, 0) is 6.54 Å². The molecule has 0 saturated heterocycles. The van der Waals surface area contributed by atoms with Gasteiger partial charge < -0.3 is 11.1 Å². The molecule has 19 heavy (non-hydrogen) atoms. The predicted molar refractivity (Wildman–Crippen MR) is 77.7 cm³/mol. The first-order valence-corrected chi connectivity index (χ1v) is 6.29. The molecule has 0 radical (unpaired) electrons. The Balaban J connectivity index is 1.94. The van der Waals surface area contributed by atoms with Crippen LogP contribution in [-0.4, -0.2) is 21.3 Å². The van der Waals surface area contributed by atoms with Crippen molar-refractivity contribution in [2.24, 2.45) is 5.73 Å². The molecule has 100 valence electrons. The highest BCUT2D eigenvalue weighted by molar-refractivity contribution is 7.80. The van der Waals surface area contributed by atoms with Gasteiger partial charge in [-0.05, 0) is 30.7 Å². The van der Waals surface area contributed by atoms with Gasteiger partial charge in [0.15, 0.2) is 0 Å². The molecule has 0 unspecified atom stereocenters. The summed E-state index contributed by atoms with van der Waals surface area (Å²) in [6.07, 6.45) is 3.73. The van der Waals surface area contributed by atoms with Gasteiger partial charge in [-0.25, -0.2) is 4.39 Å². The summed E-state index contributed by atoms with van der Waals surface area (Å²) in [7, 11) is 0. The Kier molecular flexibility index (Phi) is 4.11. The van der Waals surface area contributed by atoms with E-state index in [2.05, 4.69) is 10.4 Å². The van der Waals surface area contributed by atoms with Crippen LogP contribution in [0.4, 0.5) is 10.1 Å². The molecule has 2 aromatic rings. The zero-order valence-corrected chi connectivity index (χ0v) is 11.4. The van der Waals surface area contributed by atoms with Crippen molar-refractivity contribution in [3.63, 3.8) is 0 Å². The summed E-state index contributed by atoms with van der Waals surface area (Å²) in [5.74, 6) is -0.359. The molecule has 3 N–H and O–H groups in total. The van der Waals surface area contributed by atoms with E-state index in [4.69, 9.17) is 18.0 Å². The second-order valence-corrected chi connectivity index (χ2v) is 4.71. The number of aromatic nitrogens is 2. The molecule has 1 aromatic heterocycles. The van der Waals surface area contributed by atoms with Crippen LogP contribution in [0.2, 0.25) is 0 Å². The third-order valence-corrected chi connectivity index (χ3v) is 2.91. The second kappa shape index (κ2) is 5.79. The maximum atomic E-state index is 13.7. The normalized spacial score (nSPS) is 10.4. The molecule has 0 amide bonds. The summed E-state index contributed by atoms with van der Waals surface area (Å²) in [5, 5.41) is 7.17. The molecule has 6 heteroatoms. The van der Waals surface area contributed by atoms with Crippen molar-refractivity contribution in [3.05, 3.63) is 47.5 Å². The van der Waals surface area contributed by atoms with Crippen LogP contribution < -0.4 is 11.1 Å². The Labute approximate surface area is 116 Å². The lowest BCUT2D eigenvalue weighted by Gasteiger charge is -2.09. The fraction of sp³-hybridized carbons (Fsp3) is 0.231.